The molecule has 0 aliphatic carbocycles. The minimum absolute atomic E-state index is 0.261. The summed E-state index contributed by atoms with van der Waals surface area (Å²) in [7, 11) is 0. The molecule has 6 heteroatoms. The van der Waals surface area contributed by atoms with Gasteiger partial charge in [0.2, 0.25) is 0 Å². The van der Waals surface area contributed by atoms with Gasteiger partial charge in [-0.3, -0.25) is 9.59 Å². The number of amidine groups is 1. The molecule has 0 spiro atoms. The molecule has 1 aliphatic heterocycles. The molecule has 0 bridgehead atoms. The van der Waals surface area contributed by atoms with Crippen molar-refractivity contribution in [1.29, 1.82) is 0 Å². The van der Waals surface area contributed by atoms with Crippen LogP contribution in [0.3, 0.4) is 0 Å². The van der Waals surface area contributed by atoms with Crippen LogP contribution in [0.5, 0.6) is 0 Å². The van der Waals surface area contributed by atoms with Gasteiger partial charge in [-0.15, -0.1) is 0 Å². The number of hydrogen-bond donors (Lipinski definition) is 1. The van der Waals surface area contributed by atoms with E-state index >= 15 is 0 Å². The number of nitrogens with one attached hydrogen (secondary N) is 1. The zero-order chi connectivity index (χ0) is 17.1. The Morgan fingerprint density at radius 2 is 1.79 bits per heavy atom. The van der Waals surface area contributed by atoms with Crippen molar-refractivity contribution in [3.63, 3.8) is 0 Å². The molecule has 24 heavy (non-hydrogen) atoms. The van der Waals surface area contributed by atoms with Gasteiger partial charge in [-0.25, -0.2) is 0 Å². The van der Waals surface area contributed by atoms with Gasteiger partial charge in [0.05, 0.1) is 4.91 Å². The Morgan fingerprint density at radius 1 is 1.12 bits per heavy atom. The highest BCUT2D eigenvalue weighted by Crippen LogP contribution is 2.26. The lowest BCUT2D eigenvalue weighted by molar-refractivity contribution is -0.115. The third-order valence-electron chi connectivity index (χ3n) is 3.32. The van der Waals surface area contributed by atoms with Crippen molar-refractivity contribution in [2.24, 2.45) is 4.99 Å². The maximum atomic E-state index is 12.1. The zero-order valence-electron chi connectivity index (χ0n) is 12.7. The van der Waals surface area contributed by atoms with E-state index in [0.717, 1.165) is 22.9 Å². The average molecular weight is 357 g/mol. The van der Waals surface area contributed by atoms with Crippen LogP contribution >= 0.6 is 23.4 Å². The van der Waals surface area contributed by atoms with Gasteiger partial charge in [0.25, 0.3) is 11.8 Å². The quantitative estimate of drug-likeness (QED) is 0.826. The number of carbonyl (C=O) groups excluding carboxylic acids is 2. The Hall–Kier alpha value is -2.37. The van der Waals surface area contributed by atoms with Crippen LogP contribution < -0.4 is 5.32 Å². The second kappa shape index (κ2) is 7.03. The van der Waals surface area contributed by atoms with Crippen LogP contribution in [-0.2, 0) is 4.79 Å². The van der Waals surface area contributed by atoms with Crippen LogP contribution in [0.1, 0.15) is 21.5 Å². The lowest BCUT2D eigenvalue weighted by Crippen LogP contribution is -2.20. The van der Waals surface area contributed by atoms with Gasteiger partial charge in [0, 0.05) is 10.6 Å². The van der Waals surface area contributed by atoms with E-state index in [2.05, 4.69) is 10.3 Å². The summed E-state index contributed by atoms with van der Waals surface area (Å²) in [5.41, 5.74) is 2.48. The van der Waals surface area contributed by atoms with Gasteiger partial charge in [-0.1, -0.05) is 41.4 Å². The first-order valence-electron chi connectivity index (χ1n) is 7.17. The Labute approximate surface area is 148 Å². The zero-order valence-corrected chi connectivity index (χ0v) is 14.3. The first-order chi connectivity index (χ1) is 11.5. The number of thioether (sulfide) groups is 1. The fourth-order valence-corrected chi connectivity index (χ4v) is 2.99. The van der Waals surface area contributed by atoms with E-state index in [9.17, 15) is 9.59 Å². The molecule has 0 atom stereocenters. The standard InChI is InChI=1S/C18H13ClN2O2S/c1-11-2-4-12(5-3-11)10-15-17(23)21-18(24-15)20-16(22)13-6-8-14(19)9-7-13/h2-10H,1H3,(H,20,21,22,23)/b15-10-. The average Bonchev–Trinajstić information content (AvgIpc) is 2.89. The molecule has 0 unspecified atom stereocenters. The predicted octanol–water partition coefficient (Wildman–Crippen LogP) is 4.05. The summed E-state index contributed by atoms with van der Waals surface area (Å²) >= 11 is 6.94. The maximum Gasteiger partial charge on any atom is 0.279 e. The number of nitrogens with zero attached hydrogens (tertiary/aromatic N) is 1. The molecule has 1 saturated heterocycles. The number of amides is 2. The van der Waals surface area contributed by atoms with E-state index in [0.29, 0.717) is 15.5 Å². The second-order valence-electron chi connectivity index (χ2n) is 5.20. The maximum absolute atomic E-state index is 12.1. The topological polar surface area (TPSA) is 58.5 Å². The van der Waals surface area contributed by atoms with Gasteiger partial charge in [0.1, 0.15) is 0 Å². The third kappa shape index (κ3) is 3.93. The summed E-state index contributed by atoms with van der Waals surface area (Å²) in [6.45, 7) is 2.00. The van der Waals surface area contributed by atoms with E-state index in [1.807, 2.05) is 31.2 Å². The summed E-state index contributed by atoms with van der Waals surface area (Å²) in [6.07, 6.45) is 1.77. The van der Waals surface area contributed by atoms with E-state index in [1.54, 1.807) is 30.3 Å². The summed E-state index contributed by atoms with van der Waals surface area (Å²) < 4.78 is 0. The normalized spacial score (nSPS) is 17.3. The number of rotatable bonds is 2. The summed E-state index contributed by atoms with van der Waals surface area (Å²) in [5, 5.41) is 3.43. The molecular formula is C18H13ClN2O2S. The molecule has 1 N–H and O–H groups in total. The highest BCUT2D eigenvalue weighted by molar-refractivity contribution is 8.18. The molecule has 120 valence electrons. The first-order valence-corrected chi connectivity index (χ1v) is 8.37. The van der Waals surface area contributed by atoms with E-state index in [4.69, 9.17) is 11.6 Å². The van der Waals surface area contributed by atoms with Crippen LogP contribution in [0.25, 0.3) is 6.08 Å². The second-order valence-corrected chi connectivity index (χ2v) is 6.67. The van der Waals surface area contributed by atoms with E-state index in [1.165, 1.54) is 0 Å². The number of halogens is 1. The molecule has 1 heterocycles. The van der Waals surface area contributed by atoms with Crippen molar-refractivity contribution in [2.45, 2.75) is 6.92 Å². The van der Waals surface area contributed by atoms with Crippen molar-refractivity contribution >= 4 is 46.4 Å². The van der Waals surface area contributed by atoms with Gasteiger partial charge < -0.3 is 5.32 Å². The molecule has 3 rings (SSSR count). The summed E-state index contributed by atoms with van der Waals surface area (Å²) in [5.74, 6) is -0.686. The first kappa shape index (κ1) is 16.5. The van der Waals surface area contributed by atoms with E-state index < -0.39 is 5.91 Å². The number of aliphatic imine (C=N–C) groups is 1. The lowest BCUT2D eigenvalue weighted by Gasteiger charge is -1.97. The van der Waals surface area contributed by atoms with Crippen molar-refractivity contribution in [3.05, 3.63) is 75.1 Å². The van der Waals surface area contributed by atoms with Gasteiger partial charge in [0.15, 0.2) is 5.17 Å². The lowest BCUT2D eigenvalue weighted by atomic mass is 10.1. The molecule has 1 aliphatic rings. The van der Waals surface area contributed by atoms with Gasteiger partial charge >= 0.3 is 0 Å². The van der Waals surface area contributed by atoms with E-state index in [-0.39, 0.29) is 11.1 Å². The molecule has 2 aromatic rings. The smallest absolute Gasteiger partial charge is 0.279 e. The van der Waals surface area contributed by atoms with Gasteiger partial charge in [-0.2, -0.15) is 4.99 Å². The molecule has 2 amide bonds. The number of aryl methyl sites for hydroxylation is 1. The van der Waals surface area contributed by atoms with Crippen LogP contribution in [0, 0.1) is 6.92 Å². The number of carbonyl (C=O) groups is 2. The highest BCUT2D eigenvalue weighted by atomic mass is 35.5. The minimum atomic E-state index is -0.425. The predicted molar refractivity (Wildman–Crippen MR) is 98.1 cm³/mol. The molecule has 4 nitrogen and oxygen atoms in total. The van der Waals surface area contributed by atoms with Crippen molar-refractivity contribution < 1.29 is 9.59 Å². The summed E-state index contributed by atoms with van der Waals surface area (Å²) in [6, 6.07) is 14.3. The van der Waals surface area contributed by atoms with Crippen molar-refractivity contribution in [2.75, 3.05) is 0 Å². The van der Waals surface area contributed by atoms with Crippen molar-refractivity contribution in [3.8, 4) is 0 Å². The number of benzene rings is 2. The molecule has 0 saturated carbocycles. The molecule has 0 radical (unpaired) electrons. The van der Waals surface area contributed by atoms with Crippen LogP contribution in [0.15, 0.2) is 58.4 Å². The molecule has 0 aromatic heterocycles. The fraction of sp³-hybridized carbons (Fsp3) is 0.0556. The SMILES string of the molecule is Cc1ccc(/C=C2\SC(=NC(=O)c3ccc(Cl)cc3)NC2=O)cc1. The monoisotopic (exact) mass is 356 g/mol. The van der Waals surface area contributed by atoms with Crippen molar-refractivity contribution in [1.82, 2.24) is 5.32 Å². The largest absolute Gasteiger partial charge is 0.300 e. The van der Waals surface area contributed by atoms with Gasteiger partial charge in [-0.05, 0) is 54.6 Å². The van der Waals surface area contributed by atoms with Crippen LogP contribution in [-0.4, -0.2) is 17.0 Å². The Kier molecular flexibility index (Phi) is 4.83. The molecule has 2 aromatic carbocycles. The van der Waals surface area contributed by atoms with Crippen LogP contribution in [0.2, 0.25) is 5.02 Å². The van der Waals surface area contributed by atoms with Crippen LogP contribution in [0.4, 0.5) is 0 Å². The molecular weight excluding hydrogens is 344 g/mol. The highest BCUT2D eigenvalue weighted by Gasteiger charge is 2.24. The fourth-order valence-electron chi connectivity index (χ4n) is 2.04. The Bertz CT molecular complexity index is 856. The number of hydrogen-bond acceptors (Lipinski definition) is 3. The Balaban J connectivity index is 1.77. The Morgan fingerprint density at radius 3 is 2.46 bits per heavy atom. The third-order valence-corrected chi connectivity index (χ3v) is 4.48. The summed E-state index contributed by atoms with van der Waals surface area (Å²) in [4.78, 5) is 28.6. The minimum Gasteiger partial charge on any atom is -0.300 e. The molecule has 1 fully saturated rings.